The molecule has 0 aliphatic carbocycles. The van der Waals surface area contributed by atoms with Crippen molar-refractivity contribution in [3.8, 4) is 0 Å². The average molecular weight is 372 g/mol. The fourth-order valence-corrected chi connectivity index (χ4v) is 2.88. The van der Waals surface area contributed by atoms with Crippen molar-refractivity contribution in [3.63, 3.8) is 0 Å². The first-order valence-corrected chi connectivity index (χ1v) is 8.37. The van der Waals surface area contributed by atoms with Crippen LogP contribution >= 0.6 is 11.6 Å². The molecule has 2 heterocycles. The van der Waals surface area contributed by atoms with Crippen molar-refractivity contribution in [2.45, 2.75) is 25.4 Å². The van der Waals surface area contributed by atoms with Gasteiger partial charge in [-0.25, -0.2) is 4.98 Å². The van der Waals surface area contributed by atoms with Gasteiger partial charge in [-0.1, -0.05) is 36.7 Å². The number of hydrogen-bond donors (Lipinski definition) is 1. The number of allylic oxidation sites excluding steroid dienone is 1. The predicted molar refractivity (Wildman–Crippen MR) is 97.6 cm³/mol. The summed E-state index contributed by atoms with van der Waals surface area (Å²) in [4.78, 5) is 6.09. The summed E-state index contributed by atoms with van der Waals surface area (Å²) in [5.74, 6) is 0. The highest BCUT2D eigenvalue weighted by Crippen LogP contribution is 2.36. The zero-order valence-corrected chi connectivity index (χ0v) is 14.8. The highest BCUT2D eigenvalue weighted by molar-refractivity contribution is 6.30. The van der Waals surface area contributed by atoms with Gasteiger partial charge in [-0.15, -0.1) is 0 Å². The maximum Gasteiger partial charge on any atom is 0.417 e. The lowest BCUT2D eigenvalue weighted by atomic mass is 10.0. The highest BCUT2D eigenvalue weighted by atomic mass is 35.5. The number of nitrogens with zero attached hydrogens (tertiary/aromatic N) is 2. The fourth-order valence-electron chi connectivity index (χ4n) is 2.69. The summed E-state index contributed by atoms with van der Waals surface area (Å²) < 4.78 is 38.0. The van der Waals surface area contributed by atoms with Gasteiger partial charge in [-0.3, -0.25) is 0 Å². The molecule has 25 heavy (non-hydrogen) atoms. The minimum Gasteiger partial charge on any atom is -0.398 e. The van der Waals surface area contributed by atoms with E-state index >= 15 is 0 Å². The number of rotatable bonds is 1. The zero-order chi connectivity index (χ0) is 18.6. The second kappa shape index (κ2) is 8.06. The summed E-state index contributed by atoms with van der Waals surface area (Å²) in [6.07, 6.45) is -0.285. The Morgan fingerprint density at radius 3 is 2.36 bits per heavy atom. The molecule has 136 valence electrons. The summed E-state index contributed by atoms with van der Waals surface area (Å²) in [5, 5.41) is 0.653. The normalized spacial score (nSPS) is 15.6. The molecule has 3 nitrogen and oxygen atoms in total. The topological polar surface area (TPSA) is 42.1 Å². The van der Waals surface area contributed by atoms with E-state index in [1.54, 1.807) is 12.1 Å². The van der Waals surface area contributed by atoms with E-state index in [9.17, 15) is 13.2 Å². The molecule has 0 bridgehead atoms. The minimum atomic E-state index is -4.56. The Balaban J connectivity index is 0.000000269. The number of pyridine rings is 1. The van der Waals surface area contributed by atoms with Crippen LogP contribution in [0.5, 0.6) is 0 Å². The number of benzene rings is 1. The van der Waals surface area contributed by atoms with Crippen LogP contribution in [-0.4, -0.2) is 36.2 Å². The standard InChI is InChI=1S/C12H8ClF3N2.C6H13N/c1-6(12(14,15)16)11-7-3-2-4-9(17)8(7)5-10(13)18-11;1-7-5-3-2-4-6-7/h2-5H,1,17H2;2-6H2,1H3. The molecule has 7 heteroatoms. The number of piperidine rings is 1. The SMILES string of the molecule is C=C(c1nc(Cl)cc2c(N)cccc12)C(F)(F)F.CN1CCCCC1. The zero-order valence-electron chi connectivity index (χ0n) is 14.0. The van der Waals surface area contributed by atoms with Gasteiger partial charge < -0.3 is 10.6 Å². The predicted octanol–water partition coefficient (Wildman–Crippen LogP) is 5.15. The Labute approximate surface area is 150 Å². The number of aromatic nitrogens is 1. The van der Waals surface area contributed by atoms with Gasteiger partial charge in [0, 0.05) is 16.5 Å². The van der Waals surface area contributed by atoms with E-state index in [4.69, 9.17) is 17.3 Å². The van der Waals surface area contributed by atoms with E-state index in [1.807, 2.05) is 0 Å². The van der Waals surface area contributed by atoms with Crippen molar-refractivity contribution in [2.75, 3.05) is 25.9 Å². The van der Waals surface area contributed by atoms with Crippen LogP contribution in [-0.2, 0) is 0 Å². The lowest BCUT2D eigenvalue weighted by Crippen LogP contribution is -2.24. The molecular formula is C18H21ClF3N3. The molecule has 0 amide bonds. The van der Waals surface area contributed by atoms with Crippen LogP contribution in [0.25, 0.3) is 16.3 Å². The molecular weight excluding hydrogens is 351 g/mol. The number of halogens is 4. The third-order valence-electron chi connectivity index (χ3n) is 4.08. The molecule has 1 aromatic carbocycles. The number of nitrogens with two attached hydrogens (primary N) is 1. The third kappa shape index (κ3) is 5.09. The number of fused-ring (bicyclic) bond motifs is 1. The van der Waals surface area contributed by atoms with Gasteiger partial charge in [0.2, 0.25) is 0 Å². The molecule has 1 fully saturated rings. The lowest BCUT2D eigenvalue weighted by molar-refractivity contribution is -0.0688. The van der Waals surface area contributed by atoms with Crippen LogP contribution in [0.3, 0.4) is 0 Å². The minimum absolute atomic E-state index is 0.0548. The Morgan fingerprint density at radius 1 is 1.20 bits per heavy atom. The monoisotopic (exact) mass is 371 g/mol. The van der Waals surface area contributed by atoms with Crippen LogP contribution in [0.15, 0.2) is 30.8 Å². The number of nitrogen functional groups attached to an aromatic ring is 1. The summed E-state index contributed by atoms with van der Waals surface area (Å²) >= 11 is 5.71. The molecule has 1 aliphatic rings. The average Bonchev–Trinajstić information content (AvgIpc) is 2.55. The first kappa shape index (κ1) is 19.5. The summed E-state index contributed by atoms with van der Waals surface area (Å²) in [6.45, 7) is 5.67. The number of hydrogen-bond acceptors (Lipinski definition) is 3. The Morgan fingerprint density at radius 2 is 1.84 bits per heavy atom. The van der Waals surface area contributed by atoms with Gasteiger partial charge in [-0.05, 0) is 45.1 Å². The van der Waals surface area contributed by atoms with Crippen molar-refractivity contribution < 1.29 is 13.2 Å². The van der Waals surface area contributed by atoms with Crippen molar-refractivity contribution in [1.82, 2.24) is 9.88 Å². The van der Waals surface area contributed by atoms with Crippen LogP contribution in [0.2, 0.25) is 5.15 Å². The number of alkyl halides is 3. The Hall–Kier alpha value is -1.79. The molecule has 0 unspecified atom stereocenters. The van der Waals surface area contributed by atoms with Gasteiger partial charge >= 0.3 is 6.18 Å². The molecule has 0 atom stereocenters. The van der Waals surface area contributed by atoms with Crippen LogP contribution in [0.1, 0.15) is 25.0 Å². The second-order valence-corrected chi connectivity index (χ2v) is 6.46. The molecule has 0 radical (unpaired) electrons. The molecule has 0 saturated carbocycles. The third-order valence-corrected chi connectivity index (χ3v) is 4.28. The smallest absolute Gasteiger partial charge is 0.398 e. The van der Waals surface area contributed by atoms with E-state index in [0.717, 1.165) is 0 Å². The van der Waals surface area contributed by atoms with Crippen LogP contribution in [0, 0.1) is 0 Å². The van der Waals surface area contributed by atoms with Crippen LogP contribution < -0.4 is 5.73 Å². The van der Waals surface area contributed by atoms with E-state index in [0.29, 0.717) is 11.1 Å². The van der Waals surface area contributed by atoms with E-state index < -0.39 is 11.7 Å². The summed E-state index contributed by atoms with van der Waals surface area (Å²) in [6, 6.07) is 6.07. The molecule has 3 rings (SSSR count). The molecule has 1 aliphatic heterocycles. The van der Waals surface area contributed by atoms with Gasteiger partial charge in [-0.2, -0.15) is 13.2 Å². The van der Waals surface area contributed by atoms with Gasteiger partial charge in [0.1, 0.15) is 5.15 Å². The van der Waals surface area contributed by atoms with Gasteiger partial charge in [0.05, 0.1) is 11.3 Å². The quantitative estimate of drug-likeness (QED) is 0.557. The molecule has 1 aromatic heterocycles. The Bertz CT molecular complexity index is 753. The van der Waals surface area contributed by atoms with E-state index in [1.165, 1.54) is 44.5 Å². The maximum atomic E-state index is 12.7. The fraction of sp³-hybridized carbons (Fsp3) is 0.389. The van der Waals surface area contributed by atoms with Gasteiger partial charge in [0.25, 0.3) is 0 Å². The van der Waals surface area contributed by atoms with E-state index in [-0.39, 0.29) is 16.2 Å². The summed E-state index contributed by atoms with van der Waals surface area (Å²) in [7, 11) is 2.19. The molecule has 0 spiro atoms. The van der Waals surface area contributed by atoms with Gasteiger partial charge in [0.15, 0.2) is 0 Å². The first-order chi connectivity index (χ1) is 11.7. The number of anilines is 1. The van der Waals surface area contributed by atoms with Crippen molar-refractivity contribution >= 4 is 33.6 Å². The molecule has 1 saturated heterocycles. The molecule has 2 N–H and O–H groups in total. The maximum absolute atomic E-state index is 12.7. The molecule has 2 aromatic rings. The van der Waals surface area contributed by atoms with Crippen molar-refractivity contribution in [3.05, 3.63) is 41.7 Å². The van der Waals surface area contributed by atoms with Crippen molar-refractivity contribution in [2.24, 2.45) is 0 Å². The second-order valence-electron chi connectivity index (χ2n) is 6.08. The van der Waals surface area contributed by atoms with E-state index in [2.05, 4.69) is 23.5 Å². The first-order valence-electron chi connectivity index (χ1n) is 8.00. The van der Waals surface area contributed by atoms with Crippen LogP contribution in [0.4, 0.5) is 18.9 Å². The summed E-state index contributed by atoms with van der Waals surface area (Å²) in [5.41, 5.74) is 4.71. The lowest BCUT2D eigenvalue weighted by Gasteiger charge is -2.20. The largest absolute Gasteiger partial charge is 0.417 e. The Kier molecular flexibility index (Phi) is 6.30. The number of likely N-dealkylation sites (tertiary alicyclic amines) is 1. The van der Waals surface area contributed by atoms with Crippen molar-refractivity contribution in [1.29, 1.82) is 0 Å². The highest BCUT2D eigenvalue weighted by Gasteiger charge is 2.35.